The molecular weight excluding hydrogens is 308 g/mol. The van der Waals surface area contributed by atoms with E-state index in [9.17, 15) is 9.90 Å². The Balaban J connectivity index is 1.88. The van der Waals surface area contributed by atoms with E-state index in [1.54, 1.807) is 0 Å². The van der Waals surface area contributed by atoms with Crippen molar-refractivity contribution >= 4 is 6.03 Å². The fourth-order valence-corrected chi connectivity index (χ4v) is 3.10. The largest absolute Gasteiger partial charge is 0.394 e. The van der Waals surface area contributed by atoms with E-state index in [-0.39, 0.29) is 24.6 Å². The van der Waals surface area contributed by atoms with Gasteiger partial charge in [0.1, 0.15) is 0 Å². The van der Waals surface area contributed by atoms with Crippen LogP contribution in [0.25, 0.3) is 0 Å². The van der Waals surface area contributed by atoms with Crippen molar-refractivity contribution in [2.24, 2.45) is 5.92 Å². The second kappa shape index (κ2) is 7.51. The van der Waals surface area contributed by atoms with Gasteiger partial charge < -0.3 is 20.3 Å². The lowest BCUT2D eigenvalue weighted by Crippen LogP contribution is -2.57. The molecule has 0 aliphatic heterocycles. The molecule has 1 aromatic rings. The summed E-state index contributed by atoms with van der Waals surface area (Å²) in [6, 6.07) is -0.320. The molecule has 1 aliphatic rings. The molecule has 7 nitrogen and oxygen atoms in total. The predicted octanol–water partition coefficient (Wildman–Crippen LogP) is 2.50. The average molecular weight is 338 g/mol. The molecular formula is C17H30N4O3. The molecule has 0 spiro atoms. The van der Waals surface area contributed by atoms with Crippen LogP contribution in [0.3, 0.4) is 0 Å². The van der Waals surface area contributed by atoms with E-state index in [1.165, 1.54) is 6.42 Å². The van der Waals surface area contributed by atoms with Crippen molar-refractivity contribution in [3.63, 3.8) is 0 Å². The summed E-state index contributed by atoms with van der Waals surface area (Å²) in [6.45, 7) is 8.00. The van der Waals surface area contributed by atoms with Crippen molar-refractivity contribution in [3.05, 3.63) is 11.7 Å². The van der Waals surface area contributed by atoms with Crippen molar-refractivity contribution in [1.82, 2.24) is 20.8 Å². The third kappa shape index (κ3) is 4.69. The molecule has 0 unspecified atom stereocenters. The van der Waals surface area contributed by atoms with Crippen LogP contribution in [0, 0.1) is 5.92 Å². The number of nitrogens with zero attached hydrogens (tertiary/aromatic N) is 2. The minimum absolute atomic E-state index is 0.0680. The number of aliphatic hydroxyl groups is 1. The van der Waals surface area contributed by atoms with Gasteiger partial charge in [0.2, 0.25) is 5.89 Å². The van der Waals surface area contributed by atoms with Crippen LogP contribution in [0.2, 0.25) is 0 Å². The van der Waals surface area contributed by atoms with Gasteiger partial charge in [-0.05, 0) is 25.7 Å². The lowest BCUT2D eigenvalue weighted by atomic mass is 9.76. The maximum absolute atomic E-state index is 12.2. The number of aromatic nitrogens is 2. The van der Waals surface area contributed by atoms with Gasteiger partial charge in [0.15, 0.2) is 5.82 Å². The Hall–Kier alpha value is -1.63. The van der Waals surface area contributed by atoms with E-state index in [1.807, 2.05) is 27.7 Å². The average Bonchev–Trinajstić information content (AvgIpc) is 3.03. The van der Waals surface area contributed by atoms with Gasteiger partial charge in [-0.3, -0.25) is 0 Å². The maximum atomic E-state index is 12.2. The highest BCUT2D eigenvalue weighted by Gasteiger charge is 2.35. The Morgan fingerprint density at radius 1 is 1.25 bits per heavy atom. The van der Waals surface area contributed by atoms with E-state index < -0.39 is 5.54 Å². The minimum atomic E-state index is -0.599. The van der Waals surface area contributed by atoms with E-state index in [0.29, 0.717) is 17.6 Å². The van der Waals surface area contributed by atoms with Gasteiger partial charge in [-0.2, -0.15) is 4.98 Å². The number of hydrogen-bond acceptors (Lipinski definition) is 5. The lowest BCUT2D eigenvalue weighted by molar-refractivity contribution is 0.101. The Morgan fingerprint density at radius 2 is 1.92 bits per heavy atom. The highest BCUT2D eigenvalue weighted by Crippen LogP contribution is 2.32. The fourth-order valence-electron chi connectivity index (χ4n) is 3.10. The molecule has 2 rings (SSSR count). The summed E-state index contributed by atoms with van der Waals surface area (Å²) >= 11 is 0. The summed E-state index contributed by atoms with van der Waals surface area (Å²) in [7, 11) is 0. The first-order valence-corrected chi connectivity index (χ1v) is 8.74. The summed E-state index contributed by atoms with van der Waals surface area (Å²) < 4.78 is 5.21. The maximum Gasteiger partial charge on any atom is 0.315 e. The van der Waals surface area contributed by atoms with Crippen molar-refractivity contribution in [2.75, 3.05) is 6.61 Å². The number of aliphatic hydroxyl groups excluding tert-OH is 1. The van der Waals surface area contributed by atoms with Crippen LogP contribution in [0.4, 0.5) is 4.79 Å². The van der Waals surface area contributed by atoms with Gasteiger partial charge >= 0.3 is 6.03 Å². The topological polar surface area (TPSA) is 100 Å². The molecule has 136 valence electrons. The van der Waals surface area contributed by atoms with E-state index in [4.69, 9.17) is 4.52 Å². The summed E-state index contributed by atoms with van der Waals surface area (Å²) in [5.41, 5.74) is -0.817. The Kier molecular flexibility index (Phi) is 5.85. The molecule has 0 radical (unpaired) electrons. The van der Waals surface area contributed by atoms with Gasteiger partial charge in [0, 0.05) is 5.41 Å². The molecule has 2 amide bonds. The van der Waals surface area contributed by atoms with Gasteiger partial charge in [-0.25, -0.2) is 4.79 Å². The molecule has 7 heteroatoms. The first-order valence-electron chi connectivity index (χ1n) is 8.74. The smallest absolute Gasteiger partial charge is 0.315 e. The lowest BCUT2D eigenvalue weighted by Gasteiger charge is -2.39. The summed E-state index contributed by atoms with van der Waals surface area (Å²) in [5, 5.41) is 19.3. The van der Waals surface area contributed by atoms with Crippen molar-refractivity contribution in [3.8, 4) is 0 Å². The molecule has 0 bridgehead atoms. The molecule has 3 N–H and O–H groups in total. The minimum Gasteiger partial charge on any atom is -0.394 e. The van der Waals surface area contributed by atoms with Gasteiger partial charge in [-0.1, -0.05) is 45.2 Å². The fraction of sp³-hybridized carbons (Fsp3) is 0.824. The Morgan fingerprint density at radius 3 is 2.46 bits per heavy atom. The van der Waals surface area contributed by atoms with E-state index in [0.717, 1.165) is 25.7 Å². The van der Waals surface area contributed by atoms with Crippen molar-refractivity contribution in [1.29, 1.82) is 0 Å². The molecule has 1 fully saturated rings. The van der Waals surface area contributed by atoms with E-state index >= 15 is 0 Å². The molecule has 1 saturated carbocycles. The second-order valence-electron chi connectivity index (χ2n) is 7.98. The standard InChI is InChI=1S/C17H30N4O3/c1-16(2,3)14-19-13(21-24-14)10-18-15(23)20-17(4,11-22)12-8-6-5-7-9-12/h12,22H,5-11H2,1-4H3,(H2,18,20,23)/t17-/m0/s1. The molecule has 0 saturated heterocycles. The van der Waals surface area contributed by atoms with Crippen LogP contribution >= 0.6 is 0 Å². The molecule has 1 atom stereocenters. The van der Waals surface area contributed by atoms with Crippen LogP contribution < -0.4 is 10.6 Å². The van der Waals surface area contributed by atoms with E-state index in [2.05, 4.69) is 20.8 Å². The number of amides is 2. The number of hydrogen-bond donors (Lipinski definition) is 3. The molecule has 1 aromatic heterocycles. The Bertz CT molecular complexity index is 546. The number of carbonyl (C=O) groups excluding carboxylic acids is 1. The van der Waals surface area contributed by atoms with Crippen LogP contribution in [0.1, 0.15) is 71.5 Å². The highest BCUT2D eigenvalue weighted by molar-refractivity contribution is 5.74. The molecule has 0 aromatic carbocycles. The number of nitrogens with one attached hydrogen (secondary N) is 2. The summed E-state index contributed by atoms with van der Waals surface area (Å²) in [4.78, 5) is 16.5. The van der Waals surface area contributed by atoms with Crippen LogP contribution in [-0.2, 0) is 12.0 Å². The highest BCUT2D eigenvalue weighted by atomic mass is 16.5. The third-order valence-electron chi connectivity index (χ3n) is 4.75. The van der Waals surface area contributed by atoms with Crippen LogP contribution in [0.15, 0.2) is 4.52 Å². The third-order valence-corrected chi connectivity index (χ3v) is 4.75. The normalized spacial score (nSPS) is 18.9. The SMILES string of the molecule is CC(C)(C)c1nc(CNC(=O)N[C@@](C)(CO)C2CCCCC2)no1. The first kappa shape index (κ1) is 18.7. The molecule has 1 aliphatic carbocycles. The van der Waals surface area contributed by atoms with Crippen molar-refractivity contribution < 1.29 is 14.4 Å². The number of carbonyl (C=O) groups is 1. The molecule has 1 heterocycles. The van der Waals surface area contributed by atoms with Crippen LogP contribution in [0.5, 0.6) is 0 Å². The second-order valence-corrected chi connectivity index (χ2v) is 7.98. The summed E-state index contributed by atoms with van der Waals surface area (Å²) in [6.07, 6.45) is 5.62. The van der Waals surface area contributed by atoms with Gasteiger partial charge in [0.05, 0.1) is 18.7 Å². The number of urea groups is 1. The zero-order valence-electron chi connectivity index (χ0n) is 15.2. The zero-order valence-corrected chi connectivity index (χ0v) is 15.2. The predicted molar refractivity (Wildman–Crippen MR) is 90.4 cm³/mol. The quantitative estimate of drug-likeness (QED) is 0.766. The van der Waals surface area contributed by atoms with Gasteiger partial charge in [0.25, 0.3) is 0 Å². The van der Waals surface area contributed by atoms with Gasteiger partial charge in [-0.15, -0.1) is 0 Å². The number of rotatable bonds is 5. The van der Waals surface area contributed by atoms with Crippen LogP contribution in [-0.4, -0.2) is 33.4 Å². The first-order chi connectivity index (χ1) is 11.2. The van der Waals surface area contributed by atoms with Crippen molar-refractivity contribution in [2.45, 2.75) is 77.3 Å². The molecule has 24 heavy (non-hydrogen) atoms. The summed E-state index contributed by atoms with van der Waals surface area (Å²) in [5.74, 6) is 1.29. The zero-order chi connectivity index (χ0) is 17.8. The monoisotopic (exact) mass is 338 g/mol. The Labute approximate surface area is 143 Å².